The van der Waals surface area contributed by atoms with Crippen molar-refractivity contribution in [3.05, 3.63) is 23.8 Å². The zero-order valence-electron chi connectivity index (χ0n) is 13.3. The Morgan fingerprint density at radius 2 is 1.71 bits per heavy atom. The number of hydrogen-bond donors (Lipinski definition) is 3. The minimum Gasteiger partial charge on any atom is -0.480 e. The Kier molecular flexibility index (Phi) is 5.88. The summed E-state index contributed by atoms with van der Waals surface area (Å²) in [6.07, 6.45) is 0.286. The van der Waals surface area contributed by atoms with E-state index in [1.807, 2.05) is 10.0 Å². The van der Waals surface area contributed by atoms with Crippen LogP contribution in [0.5, 0.6) is 0 Å². The molecule has 0 saturated heterocycles. The number of hydrogen-bond acceptors (Lipinski definition) is 4. The van der Waals surface area contributed by atoms with Crippen molar-refractivity contribution in [1.82, 2.24) is 0 Å². The lowest BCUT2D eigenvalue weighted by molar-refractivity contribution is -0.151. The molecule has 10 heteroatoms. The maximum absolute atomic E-state index is 13.8. The second-order valence-corrected chi connectivity index (χ2v) is 7.46. The average Bonchev–Trinajstić information content (AvgIpc) is 2.43. The molecule has 1 rings (SSSR count). The van der Waals surface area contributed by atoms with Crippen molar-refractivity contribution in [3.8, 4) is 0 Å². The number of nitrogens with one attached hydrogen (secondary N) is 2. The Hall–Kier alpha value is -2.23. The molecular weight excluding hydrogens is 346 g/mol. The van der Waals surface area contributed by atoms with Crippen molar-refractivity contribution in [2.24, 2.45) is 5.41 Å². The highest BCUT2D eigenvalue weighted by atomic mass is 32.2. The zero-order chi connectivity index (χ0) is 18.7. The quantitative estimate of drug-likeness (QED) is 0.642. The van der Waals surface area contributed by atoms with E-state index < -0.39 is 50.3 Å². The highest BCUT2D eigenvalue weighted by Gasteiger charge is 2.36. The summed E-state index contributed by atoms with van der Waals surface area (Å²) in [5, 5.41) is 11.0. The summed E-state index contributed by atoms with van der Waals surface area (Å²) in [5.41, 5.74) is -2.94. The van der Waals surface area contributed by atoms with E-state index in [4.69, 9.17) is 5.11 Å². The fourth-order valence-corrected chi connectivity index (χ4v) is 2.72. The largest absolute Gasteiger partial charge is 0.480 e. The van der Waals surface area contributed by atoms with Crippen LogP contribution in [0.2, 0.25) is 0 Å². The van der Waals surface area contributed by atoms with Gasteiger partial charge in [-0.1, -0.05) is 6.92 Å². The lowest BCUT2D eigenvalue weighted by Gasteiger charge is -2.19. The van der Waals surface area contributed by atoms with Gasteiger partial charge in [-0.3, -0.25) is 14.3 Å². The van der Waals surface area contributed by atoms with Crippen molar-refractivity contribution in [1.29, 1.82) is 0 Å². The maximum Gasteiger partial charge on any atom is 0.318 e. The Morgan fingerprint density at radius 3 is 2.21 bits per heavy atom. The van der Waals surface area contributed by atoms with Crippen LogP contribution >= 0.6 is 0 Å². The molecule has 1 aromatic rings. The first-order valence-corrected chi connectivity index (χ1v) is 8.60. The van der Waals surface area contributed by atoms with Gasteiger partial charge >= 0.3 is 5.97 Å². The summed E-state index contributed by atoms with van der Waals surface area (Å²) in [4.78, 5) is 22.9. The SMILES string of the molecule is CCCS(=O)(=O)Nc1cc(NC(=O)C(C)(C)C(=O)O)c(F)cc1F. The molecule has 7 nitrogen and oxygen atoms in total. The van der Waals surface area contributed by atoms with E-state index in [9.17, 15) is 26.8 Å². The van der Waals surface area contributed by atoms with E-state index in [0.29, 0.717) is 6.07 Å². The van der Waals surface area contributed by atoms with Crippen LogP contribution < -0.4 is 10.0 Å². The second-order valence-electron chi connectivity index (χ2n) is 5.62. The summed E-state index contributed by atoms with van der Waals surface area (Å²) in [6, 6.07) is 1.15. The zero-order valence-corrected chi connectivity index (χ0v) is 14.1. The third-order valence-electron chi connectivity index (χ3n) is 3.15. The van der Waals surface area contributed by atoms with Gasteiger partial charge in [0.15, 0.2) is 0 Å². The van der Waals surface area contributed by atoms with Gasteiger partial charge in [0.05, 0.1) is 17.1 Å². The number of carbonyl (C=O) groups is 2. The van der Waals surface area contributed by atoms with Crippen LogP contribution in [0.1, 0.15) is 27.2 Å². The molecule has 0 fully saturated rings. The van der Waals surface area contributed by atoms with E-state index in [1.54, 1.807) is 6.92 Å². The van der Waals surface area contributed by atoms with Crippen molar-refractivity contribution in [2.45, 2.75) is 27.2 Å². The standard InChI is InChI=1S/C14H18F2N2O5S/c1-4-5-24(22,23)18-11-7-10(8(15)6-9(11)16)17-12(19)14(2,3)13(20)21/h6-7,18H,4-5H2,1-3H3,(H,17,19)(H,20,21). The molecule has 3 N–H and O–H groups in total. The topological polar surface area (TPSA) is 113 Å². The predicted octanol–water partition coefficient (Wildman–Crippen LogP) is 2.17. The first-order chi connectivity index (χ1) is 10.9. The summed E-state index contributed by atoms with van der Waals surface area (Å²) in [6.45, 7) is 3.83. The smallest absolute Gasteiger partial charge is 0.318 e. The van der Waals surface area contributed by atoms with Crippen molar-refractivity contribution in [2.75, 3.05) is 15.8 Å². The number of rotatable bonds is 7. The van der Waals surface area contributed by atoms with E-state index in [2.05, 4.69) is 0 Å². The van der Waals surface area contributed by atoms with Crippen LogP contribution in [0.4, 0.5) is 20.2 Å². The number of sulfonamides is 1. The predicted molar refractivity (Wildman–Crippen MR) is 84.1 cm³/mol. The molecule has 1 aromatic carbocycles. The van der Waals surface area contributed by atoms with E-state index >= 15 is 0 Å². The Balaban J connectivity index is 3.16. The number of carboxylic acids is 1. The number of amides is 1. The molecule has 0 radical (unpaired) electrons. The molecule has 0 atom stereocenters. The minimum atomic E-state index is -3.83. The van der Waals surface area contributed by atoms with Crippen molar-refractivity contribution >= 4 is 33.3 Å². The van der Waals surface area contributed by atoms with Gasteiger partial charge in [-0.25, -0.2) is 17.2 Å². The normalized spacial score (nSPS) is 11.9. The number of anilines is 2. The number of aliphatic carboxylic acids is 1. The number of benzene rings is 1. The Labute approximate surface area is 138 Å². The van der Waals surface area contributed by atoms with Gasteiger partial charge in [0.25, 0.3) is 0 Å². The van der Waals surface area contributed by atoms with Crippen LogP contribution in [-0.2, 0) is 19.6 Å². The van der Waals surface area contributed by atoms with Crippen LogP contribution in [0.25, 0.3) is 0 Å². The molecule has 0 aliphatic carbocycles. The molecule has 24 heavy (non-hydrogen) atoms. The highest BCUT2D eigenvalue weighted by Crippen LogP contribution is 2.26. The summed E-state index contributed by atoms with van der Waals surface area (Å²) in [7, 11) is -3.83. The lowest BCUT2D eigenvalue weighted by Crippen LogP contribution is -2.38. The molecule has 0 spiro atoms. The molecule has 0 aliphatic heterocycles. The minimum absolute atomic E-state index is 0.266. The molecular formula is C14H18F2N2O5S. The Bertz CT molecular complexity index is 763. The van der Waals surface area contributed by atoms with E-state index in [1.165, 1.54) is 0 Å². The van der Waals surface area contributed by atoms with Crippen LogP contribution in [0.15, 0.2) is 12.1 Å². The van der Waals surface area contributed by atoms with Crippen LogP contribution in [0.3, 0.4) is 0 Å². The fraction of sp³-hybridized carbons (Fsp3) is 0.429. The molecule has 0 saturated carbocycles. The molecule has 0 bridgehead atoms. The van der Waals surface area contributed by atoms with Gasteiger partial charge in [0, 0.05) is 6.07 Å². The van der Waals surface area contributed by atoms with E-state index in [-0.39, 0.29) is 12.2 Å². The number of carboxylic acid groups (broad SMARTS) is 1. The third-order valence-corrected chi connectivity index (χ3v) is 4.62. The molecule has 0 aliphatic rings. The number of halogens is 2. The van der Waals surface area contributed by atoms with E-state index in [0.717, 1.165) is 19.9 Å². The molecule has 1 amide bonds. The van der Waals surface area contributed by atoms with Gasteiger partial charge in [-0.15, -0.1) is 0 Å². The number of carbonyl (C=O) groups excluding carboxylic acids is 1. The first kappa shape index (κ1) is 19.8. The maximum atomic E-state index is 13.8. The van der Waals surface area contributed by atoms with Gasteiger partial charge in [-0.05, 0) is 26.3 Å². The Morgan fingerprint density at radius 1 is 1.17 bits per heavy atom. The van der Waals surface area contributed by atoms with Gasteiger partial charge < -0.3 is 10.4 Å². The van der Waals surface area contributed by atoms with Gasteiger partial charge in [0.1, 0.15) is 17.0 Å². The van der Waals surface area contributed by atoms with Crippen LogP contribution in [-0.4, -0.2) is 31.2 Å². The fourth-order valence-electron chi connectivity index (χ4n) is 1.59. The summed E-state index contributed by atoms with van der Waals surface area (Å²) >= 11 is 0. The third kappa shape index (κ3) is 4.63. The van der Waals surface area contributed by atoms with Crippen molar-refractivity contribution in [3.63, 3.8) is 0 Å². The second kappa shape index (κ2) is 7.12. The van der Waals surface area contributed by atoms with Crippen molar-refractivity contribution < 1.29 is 31.9 Å². The average molecular weight is 364 g/mol. The molecule has 0 aromatic heterocycles. The molecule has 134 valence electrons. The summed E-state index contributed by atoms with van der Waals surface area (Å²) in [5.74, 6) is -5.07. The van der Waals surface area contributed by atoms with Gasteiger partial charge in [0.2, 0.25) is 15.9 Å². The highest BCUT2D eigenvalue weighted by molar-refractivity contribution is 7.92. The monoisotopic (exact) mass is 364 g/mol. The summed E-state index contributed by atoms with van der Waals surface area (Å²) < 4.78 is 52.8. The van der Waals surface area contributed by atoms with Gasteiger partial charge in [-0.2, -0.15) is 0 Å². The van der Waals surface area contributed by atoms with Crippen LogP contribution in [0, 0.1) is 17.0 Å². The molecule has 0 heterocycles. The first-order valence-electron chi connectivity index (χ1n) is 6.95. The lowest BCUT2D eigenvalue weighted by atomic mass is 9.92. The molecule has 0 unspecified atom stereocenters.